The molecule has 0 fully saturated rings. The maximum Gasteiger partial charge on any atom is 0.167 e. The lowest BCUT2D eigenvalue weighted by molar-refractivity contribution is 0.893. The standard InChI is InChI=1S/C19H13N5S/c20-10-14-6-8-15(9-7-14)12-25-19-17-11-23-24(18(17)21-13-22-19)16-4-2-1-3-5-16/h1-9,11,13H,12H2. The summed E-state index contributed by atoms with van der Waals surface area (Å²) in [6.07, 6.45) is 3.38. The largest absolute Gasteiger partial charge is 0.229 e. The molecule has 0 unspecified atom stereocenters. The Labute approximate surface area is 149 Å². The Morgan fingerprint density at radius 3 is 2.56 bits per heavy atom. The number of fused-ring (bicyclic) bond motifs is 1. The molecule has 0 spiro atoms. The predicted octanol–water partition coefficient (Wildman–Crippen LogP) is 3.98. The molecule has 120 valence electrons. The van der Waals surface area contributed by atoms with Crippen molar-refractivity contribution in [2.24, 2.45) is 0 Å². The highest BCUT2D eigenvalue weighted by Gasteiger charge is 2.11. The van der Waals surface area contributed by atoms with E-state index in [-0.39, 0.29) is 0 Å². The van der Waals surface area contributed by atoms with Crippen LogP contribution < -0.4 is 0 Å². The molecule has 0 bridgehead atoms. The molecule has 0 aliphatic rings. The van der Waals surface area contributed by atoms with E-state index in [4.69, 9.17) is 5.26 Å². The molecule has 5 nitrogen and oxygen atoms in total. The fourth-order valence-corrected chi connectivity index (χ4v) is 3.44. The van der Waals surface area contributed by atoms with Crippen molar-refractivity contribution in [3.8, 4) is 11.8 Å². The molecule has 0 atom stereocenters. The van der Waals surface area contributed by atoms with Gasteiger partial charge in [0.2, 0.25) is 0 Å². The Kier molecular flexibility index (Phi) is 4.15. The summed E-state index contributed by atoms with van der Waals surface area (Å²) in [6.45, 7) is 0. The number of para-hydroxylation sites is 1. The van der Waals surface area contributed by atoms with Gasteiger partial charge in [-0.3, -0.25) is 0 Å². The second-order valence-corrected chi connectivity index (χ2v) is 6.37. The van der Waals surface area contributed by atoms with Crippen LogP contribution in [0.5, 0.6) is 0 Å². The van der Waals surface area contributed by atoms with Gasteiger partial charge in [-0.25, -0.2) is 14.6 Å². The monoisotopic (exact) mass is 343 g/mol. The molecule has 2 aromatic heterocycles. The smallest absolute Gasteiger partial charge is 0.167 e. The molecule has 2 heterocycles. The topological polar surface area (TPSA) is 67.4 Å². The van der Waals surface area contributed by atoms with Crippen molar-refractivity contribution < 1.29 is 0 Å². The van der Waals surface area contributed by atoms with E-state index >= 15 is 0 Å². The highest BCUT2D eigenvalue weighted by atomic mass is 32.2. The van der Waals surface area contributed by atoms with Crippen molar-refractivity contribution in [3.05, 3.63) is 78.2 Å². The Balaban J connectivity index is 1.62. The molecule has 0 radical (unpaired) electrons. The lowest BCUT2D eigenvalue weighted by atomic mass is 10.2. The first-order valence-corrected chi connectivity index (χ1v) is 8.70. The van der Waals surface area contributed by atoms with Gasteiger partial charge in [0.25, 0.3) is 0 Å². The van der Waals surface area contributed by atoms with Gasteiger partial charge in [-0.1, -0.05) is 30.3 Å². The van der Waals surface area contributed by atoms with Crippen LogP contribution in [0.1, 0.15) is 11.1 Å². The lowest BCUT2D eigenvalue weighted by Gasteiger charge is -2.04. The normalized spacial score (nSPS) is 10.7. The molecule has 0 amide bonds. The minimum Gasteiger partial charge on any atom is -0.229 e. The van der Waals surface area contributed by atoms with Crippen LogP contribution in [0.4, 0.5) is 0 Å². The van der Waals surface area contributed by atoms with Crippen LogP contribution in [0, 0.1) is 11.3 Å². The summed E-state index contributed by atoms with van der Waals surface area (Å²) in [6, 6.07) is 19.7. The molecule has 0 saturated heterocycles. The van der Waals surface area contributed by atoms with Crippen molar-refractivity contribution in [1.29, 1.82) is 5.26 Å². The number of hydrogen-bond acceptors (Lipinski definition) is 5. The molecule has 0 aliphatic heterocycles. The molecule has 2 aromatic carbocycles. The van der Waals surface area contributed by atoms with Crippen molar-refractivity contribution in [1.82, 2.24) is 19.7 Å². The Hall–Kier alpha value is -3.17. The Morgan fingerprint density at radius 1 is 1.00 bits per heavy atom. The second kappa shape index (κ2) is 6.75. The fraction of sp³-hybridized carbons (Fsp3) is 0.0526. The van der Waals surface area contributed by atoms with Crippen molar-refractivity contribution in [2.75, 3.05) is 0 Å². The predicted molar refractivity (Wildman–Crippen MR) is 97.4 cm³/mol. The number of thioether (sulfide) groups is 1. The molecule has 0 aliphatic carbocycles. The minimum absolute atomic E-state index is 0.669. The van der Waals surface area contributed by atoms with Gasteiger partial charge in [0, 0.05) is 5.75 Å². The third kappa shape index (κ3) is 3.10. The van der Waals surface area contributed by atoms with Crippen LogP contribution >= 0.6 is 11.8 Å². The van der Waals surface area contributed by atoms with Gasteiger partial charge < -0.3 is 0 Å². The lowest BCUT2D eigenvalue weighted by Crippen LogP contribution is -1.97. The van der Waals surface area contributed by atoms with Gasteiger partial charge in [0.15, 0.2) is 5.65 Å². The van der Waals surface area contributed by atoms with Gasteiger partial charge in [-0.05, 0) is 29.8 Å². The van der Waals surface area contributed by atoms with Gasteiger partial charge >= 0.3 is 0 Å². The van der Waals surface area contributed by atoms with Gasteiger partial charge in [0.05, 0.1) is 28.9 Å². The third-order valence-electron chi connectivity index (χ3n) is 3.79. The van der Waals surface area contributed by atoms with Crippen molar-refractivity contribution in [3.63, 3.8) is 0 Å². The van der Waals surface area contributed by atoms with E-state index in [0.29, 0.717) is 5.56 Å². The maximum absolute atomic E-state index is 8.87. The molecular formula is C19H13N5S. The Morgan fingerprint density at radius 2 is 1.80 bits per heavy atom. The summed E-state index contributed by atoms with van der Waals surface area (Å²) >= 11 is 1.64. The van der Waals surface area contributed by atoms with Crippen molar-refractivity contribution in [2.45, 2.75) is 10.8 Å². The summed E-state index contributed by atoms with van der Waals surface area (Å²) in [7, 11) is 0. The van der Waals surface area contributed by atoms with Crippen LogP contribution in [0.2, 0.25) is 0 Å². The SMILES string of the molecule is N#Cc1ccc(CSc2ncnc3c2cnn3-c2ccccc2)cc1. The summed E-state index contributed by atoms with van der Waals surface area (Å²) in [5, 5.41) is 15.2. The average Bonchev–Trinajstić information content (AvgIpc) is 3.12. The van der Waals surface area contributed by atoms with E-state index in [1.807, 2.05) is 65.5 Å². The van der Waals surface area contributed by atoms with E-state index in [0.717, 1.165) is 33.1 Å². The molecular weight excluding hydrogens is 330 g/mol. The number of rotatable bonds is 4. The van der Waals surface area contributed by atoms with E-state index in [1.165, 1.54) is 0 Å². The summed E-state index contributed by atoms with van der Waals surface area (Å²) in [5.74, 6) is 0.772. The van der Waals surface area contributed by atoms with E-state index in [1.54, 1.807) is 18.1 Å². The van der Waals surface area contributed by atoms with Crippen LogP contribution in [-0.2, 0) is 5.75 Å². The zero-order chi connectivity index (χ0) is 17.1. The van der Waals surface area contributed by atoms with Crippen molar-refractivity contribution >= 4 is 22.8 Å². The van der Waals surface area contributed by atoms with Crippen LogP contribution in [0.25, 0.3) is 16.7 Å². The number of nitrogens with zero attached hydrogens (tertiary/aromatic N) is 5. The molecule has 4 aromatic rings. The number of aromatic nitrogens is 4. The quantitative estimate of drug-likeness (QED) is 0.414. The first kappa shape index (κ1) is 15.4. The summed E-state index contributed by atoms with van der Waals surface area (Å²) < 4.78 is 1.82. The first-order chi connectivity index (χ1) is 12.3. The van der Waals surface area contributed by atoms with Crippen LogP contribution in [0.3, 0.4) is 0 Å². The first-order valence-electron chi connectivity index (χ1n) is 7.71. The zero-order valence-electron chi connectivity index (χ0n) is 13.2. The number of benzene rings is 2. The molecule has 6 heteroatoms. The van der Waals surface area contributed by atoms with Gasteiger partial charge in [-0.15, -0.1) is 11.8 Å². The van der Waals surface area contributed by atoms with Crippen LogP contribution in [0.15, 0.2) is 72.1 Å². The van der Waals surface area contributed by atoms with E-state index < -0.39 is 0 Å². The minimum atomic E-state index is 0.669. The Bertz CT molecular complexity index is 1050. The maximum atomic E-state index is 8.87. The van der Waals surface area contributed by atoms with E-state index in [9.17, 15) is 0 Å². The fourth-order valence-electron chi connectivity index (χ4n) is 2.52. The summed E-state index contributed by atoms with van der Waals surface area (Å²) in [5.41, 5.74) is 3.58. The number of hydrogen-bond donors (Lipinski definition) is 0. The van der Waals surface area contributed by atoms with Gasteiger partial charge in [-0.2, -0.15) is 10.4 Å². The average molecular weight is 343 g/mol. The highest BCUT2D eigenvalue weighted by Crippen LogP contribution is 2.28. The highest BCUT2D eigenvalue weighted by molar-refractivity contribution is 7.98. The second-order valence-electron chi connectivity index (χ2n) is 5.41. The van der Waals surface area contributed by atoms with Crippen LogP contribution in [-0.4, -0.2) is 19.7 Å². The molecule has 4 rings (SSSR count). The van der Waals surface area contributed by atoms with E-state index in [2.05, 4.69) is 21.1 Å². The molecule has 25 heavy (non-hydrogen) atoms. The molecule has 0 N–H and O–H groups in total. The molecule has 0 saturated carbocycles. The third-order valence-corrected chi connectivity index (χ3v) is 4.87. The summed E-state index contributed by atoms with van der Waals surface area (Å²) in [4.78, 5) is 8.80. The van der Waals surface area contributed by atoms with Gasteiger partial charge in [0.1, 0.15) is 11.4 Å². The number of nitriles is 1. The zero-order valence-corrected chi connectivity index (χ0v) is 14.0.